The van der Waals surface area contributed by atoms with Crippen LogP contribution >= 0.6 is 33.9 Å². The number of fused-ring (bicyclic) bond motifs is 1. The number of halogens is 1. The molecule has 0 saturated heterocycles. The van der Waals surface area contributed by atoms with Crippen LogP contribution in [0.4, 0.5) is 0 Å². The second-order valence-electron chi connectivity index (χ2n) is 2.68. The van der Waals surface area contributed by atoms with E-state index in [0.717, 1.165) is 13.7 Å². The number of hydrogen-bond acceptors (Lipinski definition) is 3. The van der Waals surface area contributed by atoms with E-state index in [0.29, 0.717) is 5.56 Å². The maximum absolute atomic E-state index is 9.55. The Morgan fingerprint density at radius 3 is 2.92 bits per heavy atom. The molecule has 13 heavy (non-hydrogen) atoms. The zero-order chi connectivity index (χ0) is 9.42. The molecule has 4 heteroatoms. The van der Waals surface area contributed by atoms with Crippen LogP contribution in [0.1, 0.15) is 5.56 Å². The number of rotatable bonds is 1. The highest BCUT2D eigenvalue weighted by molar-refractivity contribution is 14.1. The van der Waals surface area contributed by atoms with Crippen molar-refractivity contribution in [3.05, 3.63) is 26.6 Å². The zero-order valence-corrected chi connectivity index (χ0v) is 9.59. The second-order valence-corrected chi connectivity index (χ2v) is 4.76. The second kappa shape index (κ2) is 3.43. The number of phenols is 1. The molecule has 0 aliphatic heterocycles. The van der Waals surface area contributed by atoms with Crippen LogP contribution in [0.25, 0.3) is 10.1 Å². The van der Waals surface area contributed by atoms with Crippen molar-refractivity contribution >= 4 is 44.0 Å². The molecule has 0 bridgehead atoms. The Kier molecular flexibility index (Phi) is 2.44. The molecule has 0 amide bonds. The summed E-state index contributed by atoms with van der Waals surface area (Å²) in [7, 11) is 0. The molecule has 2 nitrogen and oxygen atoms in total. The number of aliphatic hydroxyl groups is 1. The van der Waals surface area contributed by atoms with Crippen LogP contribution in [0.5, 0.6) is 5.75 Å². The Bertz CT molecular complexity index is 450. The Balaban J connectivity index is 2.88. The van der Waals surface area contributed by atoms with Crippen LogP contribution in [0, 0.1) is 3.57 Å². The predicted molar refractivity (Wildman–Crippen MR) is 62.1 cm³/mol. The first-order valence-corrected chi connectivity index (χ1v) is 5.68. The van der Waals surface area contributed by atoms with Crippen molar-refractivity contribution in [1.29, 1.82) is 0 Å². The van der Waals surface area contributed by atoms with Crippen molar-refractivity contribution in [2.45, 2.75) is 6.61 Å². The van der Waals surface area contributed by atoms with E-state index in [1.807, 2.05) is 11.4 Å². The topological polar surface area (TPSA) is 40.5 Å². The lowest BCUT2D eigenvalue weighted by Gasteiger charge is -2.04. The van der Waals surface area contributed by atoms with Crippen LogP contribution in [-0.4, -0.2) is 10.2 Å². The molecule has 0 atom stereocenters. The summed E-state index contributed by atoms with van der Waals surface area (Å²) in [6, 6.07) is 3.61. The van der Waals surface area contributed by atoms with E-state index in [2.05, 4.69) is 22.6 Å². The molecule has 68 valence electrons. The molecule has 2 aromatic rings. The first kappa shape index (κ1) is 9.23. The van der Waals surface area contributed by atoms with Crippen molar-refractivity contribution in [1.82, 2.24) is 0 Å². The van der Waals surface area contributed by atoms with Gasteiger partial charge in [-0.1, -0.05) is 0 Å². The van der Waals surface area contributed by atoms with Gasteiger partial charge in [-0.25, -0.2) is 0 Å². The summed E-state index contributed by atoms with van der Waals surface area (Å²) in [5, 5.41) is 21.5. The predicted octanol–water partition coefficient (Wildman–Crippen LogP) is 2.70. The lowest BCUT2D eigenvalue weighted by molar-refractivity contribution is 0.277. The highest BCUT2D eigenvalue weighted by Gasteiger charge is 2.09. The first-order valence-electron chi connectivity index (χ1n) is 3.72. The van der Waals surface area contributed by atoms with Gasteiger partial charge in [0.15, 0.2) is 0 Å². The smallest absolute Gasteiger partial charge is 0.122 e. The summed E-state index contributed by atoms with van der Waals surface area (Å²) in [5.41, 5.74) is 0.622. The van der Waals surface area contributed by atoms with Gasteiger partial charge in [0.1, 0.15) is 5.75 Å². The fourth-order valence-electron chi connectivity index (χ4n) is 1.31. The quantitative estimate of drug-likeness (QED) is 0.795. The maximum atomic E-state index is 9.55. The van der Waals surface area contributed by atoms with Crippen molar-refractivity contribution in [3.8, 4) is 5.75 Å². The Labute approximate surface area is 93.0 Å². The molecule has 1 aromatic carbocycles. The molecule has 2 rings (SSSR count). The summed E-state index contributed by atoms with van der Waals surface area (Å²) >= 11 is 3.80. The highest BCUT2D eigenvalue weighted by Crippen LogP contribution is 2.34. The number of hydrogen-bond donors (Lipinski definition) is 2. The third-order valence-electron chi connectivity index (χ3n) is 1.94. The van der Waals surface area contributed by atoms with Crippen molar-refractivity contribution < 1.29 is 10.2 Å². The third kappa shape index (κ3) is 1.43. The van der Waals surface area contributed by atoms with E-state index in [4.69, 9.17) is 5.11 Å². The van der Waals surface area contributed by atoms with Gasteiger partial charge in [-0.2, -0.15) is 0 Å². The summed E-state index contributed by atoms with van der Waals surface area (Å²) in [6.07, 6.45) is 0. The van der Waals surface area contributed by atoms with Crippen LogP contribution in [0.3, 0.4) is 0 Å². The van der Waals surface area contributed by atoms with Crippen LogP contribution in [0.15, 0.2) is 17.5 Å². The lowest BCUT2D eigenvalue weighted by atomic mass is 10.1. The van der Waals surface area contributed by atoms with Gasteiger partial charge in [-0.05, 0) is 40.1 Å². The number of aliphatic hydroxyl groups excluding tert-OH is 1. The minimum Gasteiger partial charge on any atom is -0.508 e. The molecule has 2 N–H and O–H groups in total. The summed E-state index contributed by atoms with van der Waals surface area (Å²) < 4.78 is 2.15. The molecule has 1 heterocycles. The van der Waals surface area contributed by atoms with Gasteiger partial charge >= 0.3 is 0 Å². The summed E-state index contributed by atoms with van der Waals surface area (Å²) in [5.74, 6) is 0.179. The van der Waals surface area contributed by atoms with E-state index < -0.39 is 0 Å². The zero-order valence-electron chi connectivity index (χ0n) is 6.62. The third-order valence-corrected chi connectivity index (χ3v) is 4.10. The average molecular weight is 306 g/mol. The molecule has 0 spiro atoms. The molecule has 0 fully saturated rings. The Morgan fingerprint density at radius 1 is 1.46 bits per heavy atom. The Morgan fingerprint density at radius 2 is 2.23 bits per heavy atom. The van der Waals surface area contributed by atoms with Crippen LogP contribution < -0.4 is 0 Å². The summed E-state index contributed by atoms with van der Waals surface area (Å²) in [6.45, 7) is -0.115. The van der Waals surface area contributed by atoms with E-state index >= 15 is 0 Å². The minimum absolute atomic E-state index is 0.115. The monoisotopic (exact) mass is 306 g/mol. The Hall–Kier alpha value is -0.330. The molecular weight excluding hydrogens is 299 g/mol. The fraction of sp³-hybridized carbons (Fsp3) is 0.111. The number of benzene rings is 1. The van der Waals surface area contributed by atoms with Gasteiger partial charge in [0.25, 0.3) is 0 Å². The van der Waals surface area contributed by atoms with Gasteiger partial charge in [0, 0.05) is 19.2 Å². The van der Waals surface area contributed by atoms with Gasteiger partial charge in [-0.3, -0.25) is 0 Å². The van der Waals surface area contributed by atoms with Crippen molar-refractivity contribution in [2.24, 2.45) is 0 Å². The molecule has 0 aliphatic carbocycles. The van der Waals surface area contributed by atoms with Gasteiger partial charge < -0.3 is 10.2 Å². The summed E-state index contributed by atoms with van der Waals surface area (Å²) in [4.78, 5) is 0. The van der Waals surface area contributed by atoms with Gasteiger partial charge in [0.05, 0.1) is 6.61 Å². The molecule has 0 radical (unpaired) electrons. The number of thiophene rings is 1. The molecular formula is C9H7IO2S. The van der Waals surface area contributed by atoms with Crippen LogP contribution in [0.2, 0.25) is 0 Å². The number of aromatic hydroxyl groups is 1. The van der Waals surface area contributed by atoms with E-state index in [1.165, 1.54) is 0 Å². The molecule has 0 aliphatic rings. The minimum atomic E-state index is -0.115. The SMILES string of the molecule is OCc1c(O)cc(I)c2sccc12. The largest absolute Gasteiger partial charge is 0.508 e. The van der Waals surface area contributed by atoms with Crippen molar-refractivity contribution in [3.63, 3.8) is 0 Å². The highest BCUT2D eigenvalue weighted by atomic mass is 127. The normalized spacial score (nSPS) is 10.9. The van der Waals surface area contributed by atoms with E-state index in [-0.39, 0.29) is 12.4 Å². The fourth-order valence-corrected chi connectivity index (χ4v) is 3.11. The molecule has 0 unspecified atom stereocenters. The lowest BCUT2D eigenvalue weighted by Crippen LogP contribution is -1.86. The standard InChI is InChI=1S/C9H7IO2S/c10-7-3-8(12)6(4-11)5-1-2-13-9(5)7/h1-3,11-12H,4H2. The molecule has 0 saturated carbocycles. The average Bonchev–Trinajstić information content (AvgIpc) is 2.53. The maximum Gasteiger partial charge on any atom is 0.122 e. The van der Waals surface area contributed by atoms with Gasteiger partial charge in [0.2, 0.25) is 0 Å². The van der Waals surface area contributed by atoms with E-state index in [9.17, 15) is 5.11 Å². The molecule has 1 aromatic heterocycles. The first-order chi connectivity index (χ1) is 6.24. The van der Waals surface area contributed by atoms with Gasteiger partial charge in [-0.15, -0.1) is 11.3 Å². The van der Waals surface area contributed by atoms with E-state index in [1.54, 1.807) is 17.4 Å². The van der Waals surface area contributed by atoms with Crippen molar-refractivity contribution in [2.75, 3.05) is 0 Å². The van der Waals surface area contributed by atoms with Crippen LogP contribution in [-0.2, 0) is 6.61 Å².